The molecule has 78 valence electrons. The summed E-state index contributed by atoms with van der Waals surface area (Å²) in [4.78, 5) is 0. The van der Waals surface area contributed by atoms with Gasteiger partial charge >= 0.3 is 0 Å². The van der Waals surface area contributed by atoms with E-state index in [2.05, 4.69) is 12.2 Å². The Balaban J connectivity index is 2.15. The zero-order valence-electron chi connectivity index (χ0n) is 8.42. The average molecular weight is 230 g/mol. The summed E-state index contributed by atoms with van der Waals surface area (Å²) in [6.45, 7) is 3.23. The van der Waals surface area contributed by atoms with Gasteiger partial charge in [0, 0.05) is 23.0 Å². The third kappa shape index (κ3) is 4.77. The standard InChI is InChI=1S/C11H16ClNS/c1-2-8-14-9-7-13-11-5-3-10(12)4-6-11/h3-6,13H,2,7-9H2,1H3. The number of hydrogen-bond donors (Lipinski definition) is 1. The maximum Gasteiger partial charge on any atom is 0.0407 e. The molecule has 1 N–H and O–H groups in total. The van der Waals surface area contributed by atoms with Gasteiger partial charge in [-0.2, -0.15) is 11.8 Å². The Hall–Kier alpha value is -0.340. The van der Waals surface area contributed by atoms with E-state index in [1.54, 1.807) is 0 Å². The molecule has 0 atom stereocenters. The Morgan fingerprint density at radius 1 is 1.21 bits per heavy atom. The highest BCUT2D eigenvalue weighted by molar-refractivity contribution is 7.99. The lowest BCUT2D eigenvalue weighted by molar-refractivity contribution is 1.10. The molecule has 0 fully saturated rings. The molecule has 0 aliphatic carbocycles. The predicted molar refractivity (Wildman–Crippen MR) is 67.6 cm³/mol. The molecule has 14 heavy (non-hydrogen) atoms. The molecule has 1 aromatic carbocycles. The van der Waals surface area contributed by atoms with Gasteiger partial charge in [-0.3, -0.25) is 0 Å². The van der Waals surface area contributed by atoms with Crippen LogP contribution >= 0.6 is 23.4 Å². The van der Waals surface area contributed by atoms with Gasteiger partial charge < -0.3 is 5.32 Å². The van der Waals surface area contributed by atoms with Crippen molar-refractivity contribution in [3.63, 3.8) is 0 Å². The molecular formula is C11H16ClNS. The molecule has 0 aliphatic heterocycles. The van der Waals surface area contributed by atoms with Crippen LogP contribution in [0.25, 0.3) is 0 Å². The molecule has 1 aromatic rings. The molecule has 0 aliphatic rings. The van der Waals surface area contributed by atoms with Crippen molar-refractivity contribution in [3.05, 3.63) is 29.3 Å². The smallest absolute Gasteiger partial charge is 0.0407 e. The second-order valence-corrected chi connectivity index (χ2v) is 4.71. The summed E-state index contributed by atoms with van der Waals surface area (Å²) in [6.07, 6.45) is 1.26. The summed E-state index contributed by atoms with van der Waals surface area (Å²) in [5.74, 6) is 2.42. The van der Waals surface area contributed by atoms with Crippen LogP contribution in [0, 0.1) is 0 Å². The van der Waals surface area contributed by atoms with Crippen molar-refractivity contribution >= 4 is 29.1 Å². The largest absolute Gasteiger partial charge is 0.384 e. The summed E-state index contributed by atoms with van der Waals surface area (Å²) >= 11 is 7.77. The fourth-order valence-corrected chi connectivity index (χ4v) is 1.95. The van der Waals surface area contributed by atoms with E-state index < -0.39 is 0 Å². The lowest BCUT2D eigenvalue weighted by atomic mass is 10.3. The number of benzene rings is 1. The number of thioether (sulfide) groups is 1. The fourth-order valence-electron chi connectivity index (χ4n) is 1.08. The normalized spacial score (nSPS) is 10.1. The Morgan fingerprint density at radius 3 is 2.57 bits per heavy atom. The van der Waals surface area contributed by atoms with Gasteiger partial charge in [0.2, 0.25) is 0 Å². The first-order chi connectivity index (χ1) is 6.83. The van der Waals surface area contributed by atoms with Gasteiger partial charge in [0.25, 0.3) is 0 Å². The molecular weight excluding hydrogens is 214 g/mol. The molecule has 0 amide bonds. The van der Waals surface area contributed by atoms with Gasteiger partial charge in [-0.15, -0.1) is 0 Å². The number of anilines is 1. The minimum absolute atomic E-state index is 0.788. The molecule has 0 aromatic heterocycles. The summed E-state index contributed by atoms with van der Waals surface area (Å²) in [7, 11) is 0. The number of nitrogens with one attached hydrogen (secondary N) is 1. The van der Waals surface area contributed by atoms with E-state index in [9.17, 15) is 0 Å². The Bertz CT molecular complexity index is 248. The second kappa shape index (κ2) is 7.02. The quantitative estimate of drug-likeness (QED) is 0.743. The van der Waals surface area contributed by atoms with Crippen LogP contribution in [0.4, 0.5) is 5.69 Å². The zero-order chi connectivity index (χ0) is 10.2. The monoisotopic (exact) mass is 229 g/mol. The van der Waals surface area contributed by atoms with E-state index in [0.717, 1.165) is 23.0 Å². The third-order valence-electron chi connectivity index (χ3n) is 1.77. The summed E-state index contributed by atoms with van der Waals surface area (Å²) in [5, 5.41) is 4.14. The molecule has 0 saturated carbocycles. The molecule has 0 spiro atoms. The highest BCUT2D eigenvalue weighted by Gasteiger charge is 1.91. The summed E-state index contributed by atoms with van der Waals surface area (Å²) < 4.78 is 0. The van der Waals surface area contributed by atoms with E-state index in [0.29, 0.717) is 0 Å². The third-order valence-corrected chi connectivity index (χ3v) is 3.21. The molecule has 3 heteroatoms. The van der Waals surface area contributed by atoms with E-state index in [-0.39, 0.29) is 0 Å². The topological polar surface area (TPSA) is 12.0 Å². The summed E-state index contributed by atoms with van der Waals surface area (Å²) in [5.41, 5.74) is 1.14. The van der Waals surface area contributed by atoms with Gasteiger partial charge in [0.1, 0.15) is 0 Å². The first kappa shape index (κ1) is 11.7. The van der Waals surface area contributed by atoms with Crippen molar-refractivity contribution < 1.29 is 0 Å². The van der Waals surface area contributed by atoms with Gasteiger partial charge in [-0.05, 0) is 36.4 Å². The Labute approximate surface area is 95.2 Å². The van der Waals surface area contributed by atoms with Gasteiger partial charge in [-0.1, -0.05) is 18.5 Å². The van der Waals surface area contributed by atoms with E-state index in [1.807, 2.05) is 36.0 Å². The van der Waals surface area contributed by atoms with Crippen LogP contribution in [-0.2, 0) is 0 Å². The van der Waals surface area contributed by atoms with Crippen LogP contribution in [0.5, 0.6) is 0 Å². The van der Waals surface area contributed by atoms with E-state index >= 15 is 0 Å². The molecule has 0 heterocycles. The lowest BCUT2D eigenvalue weighted by Crippen LogP contribution is -2.03. The predicted octanol–water partition coefficient (Wildman–Crippen LogP) is 3.90. The second-order valence-electron chi connectivity index (χ2n) is 3.05. The van der Waals surface area contributed by atoms with Gasteiger partial charge in [-0.25, -0.2) is 0 Å². The van der Waals surface area contributed by atoms with Crippen LogP contribution in [-0.4, -0.2) is 18.1 Å². The first-order valence-corrected chi connectivity index (χ1v) is 6.43. The number of hydrogen-bond acceptors (Lipinski definition) is 2. The lowest BCUT2D eigenvalue weighted by Gasteiger charge is -2.05. The molecule has 1 rings (SSSR count). The summed E-state index contributed by atoms with van der Waals surface area (Å²) in [6, 6.07) is 7.83. The Kier molecular flexibility index (Phi) is 5.88. The van der Waals surface area contributed by atoms with Crippen LogP contribution < -0.4 is 5.32 Å². The van der Waals surface area contributed by atoms with Gasteiger partial charge in [0.05, 0.1) is 0 Å². The van der Waals surface area contributed by atoms with Crippen LogP contribution in [0.1, 0.15) is 13.3 Å². The molecule has 0 radical (unpaired) electrons. The van der Waals surface area contributed by atoms with Crippen LogP contribution in [0.15, 0.2) is 24.3 Å². The highest BCUT2D eigenvalue weighted by Crippen LogP contribution is 2.13. The fraction of sp³-hybridized carbons (Fsp3) is 0.455. The van der Waals surface area contributed by atoms with Gasteiger partial charge in [0.15, 0.2) is 0 Å². The SMILES string of the molecule is CCCSCCNc1ccc(Cl)cc1. The van der Waals surface area contributed by atoms with E-state index in [4.69, 9.17) is 11.6 Å². The maximum atomic E-state index is 5.78. The van der Waals surface area contributed by atoms with E-state index in [1.165, 1.54) is 12.2 Å². The minimum Gasteiger partial charge on any atom is -0.384 e. The highest BCUT2D eigenvalue weighted by atomic mass is 35.5. The van der Waals surface area contributed by atoms with Crippen molar-refractivity contribution in [2.75, 3.05) is 23.4 Å². The van der Waals surface area contributed by atoms with Crippen molar-refractivity contribution in [1.29, 1.82) is 0 Å². The maximum absolute atomic E-state index is 5.78. The number of halogens is 1. The zero-order valence-corrected chi connectivity index (χ0v) is 10.00. The average Bonchev–Trinajstić information content (AvgIpc) is 2.21. The molecule has 1 nitrogen and oxygen atoms in total. The van der Waals surface area contributed by atoms with Crippen LogP contribution in [0.2, 0.25) is 5.02 Å². The minimum atomic E-state index is 0.788. The van der Waals surface area contributed by atoms with Crippen molar-refractivity contribution in [1.82, 2.24) is 0 Å². The molecule has 0 unspecified atom stereocenters. The first-order valence-electron chi connectivity index (χ1n) is 4.90. The molecule has 0 bridgehead atoms. The number of rotatable bonds is 6. The van der Waals surface area contributed by atoms with Crippen molar-refractivity contribution in [2.24, 2.45) is 0 Å². The van der Waals surface area contributed by atoms with Crippen molar-refractivity contribution in [3.8, 4) is 0 Å². The van der Waals surface area contributed by atoms with Crippen molar-refractivity contribution in [2.45, 2.75) is 13.3 Å². The Morgan fingerprint density at radius 2 is 1.93 bits per heavy atom. The van der Waals surface area contributed by atoms with Crippen LogP contribution in [0.3, 0.4) is 0 Å². The molecule has 0 saturated heterocycles.